The summed E-state index contributed by atoms with van der Waals surface area (Å²) in [6.07, 6.45) is 0. The van der Waals surface area contributed by atoms with Crippen molar-refractivity contribution in [1.29, 1.82) is 0 Å². The lowest BCUT2D eigenvalue weighted by Crippen LogP contribution is -2.86. The van der Waals surface area contributed by atoms with Gasteiger partial charge in [-0.2, -0.15) is 0 Å². The van der Waals surface area contributed by atoms with E-state index in [1.807, 2.05) is 29.6 Å². The van der Waals surface area contributed by atoms with Crippen LogP contribution in [0.15, 0.2) is 24.3 Å². The molecule has 1 aromatic carbocycles. The Kier molecular flexibility index (Phi) is 7.96. The average molecular weight is 256 g/mol. The number of methoxy groups -OCH3 is 1. The van der Waals surface area contributed by atoms with Gasteiger partial charge < -0.3 is 24.6 Å². The third-order valence-corrected chi connectivity index (χ3v) is 2.35. The summed E-state index contributed by atoms with van der Waals surface area (Å²) in [6, 6.07) is 7.54. The number of hydrogen-bond acceptors (Lipinski definition) is 4. The second-order valence-electron chi connectivity index (χ2n) is 3.70. The molecule has 0 aliphatic heterocycles. The molecule has 18 heavy (non-hydrogen) atoms. The fraction of sp³-hybridized carbons (Fsp3) is 0.538. The number of benzene rings is 1. The van der Waals surface area contributed by atoms with E-state index in [0.717, 1.165) is 24.6 Å². The van der Waals surface area contributed by atoms with Gasteiger partial charge >= 0.3 is 0 Å². The van der Waals surface area contributed by atoms with Crippen molar-refractivity contribution in [2.45, 2.75) is 0 Å². The lowest BCUT2D eigenvalue weighted by atomic mass is 10.3. The summed E-state index contributed by atoms with van der Waals surface area (Å²) in [5, 5.41) is 10.6. The maximum absolute atomic E-state index is 8.58. The van der Waals surface area contributed by atoms with Crippen molar-refractivity contribution in [2.24, 2.45) is 0 Å². The molecule has 0 saturated heterocycles. The van der Waals surface area contributed by atoms with Gasteiger partial charge in [0.05, 0.1) is 40.0 Å². The molecule has 102 valence electrons. The molecule has 0 heterocycles. The Labute approximate surface area is 108 Å². The first-order valence-electron chi connectivity index (χ1n) is 6.14. The van der Waals surface area contributed by atoms with E-state index in [9.17, 15) is 0 Å². The van der Waals surface area contributed by atoms with Gasteiger partial charge in [0.25, 0.3) is 0 Å². The van der Waals surface area contributed by atoms with E-state index in [-0.39, 0.29) is 6.61 Å². The number of quaternary nitrogens is 1. The lowest BCUT2D eigenvalue weighted by Gasteiger charge is -2.10. The summed E-state index contributed by atoms with van der Waals surface area (Å²) in [6.45, 7) is 3.49. The summed E-state index contributed by atoms with van der Waals surface area (Å²) in [4.78, 5) is 0. The molecular formula is C13H22NO4+. The van der Waals surface area contributed by atoms with Gasteiger partial charge in [0.15, 0.2) is 11.5 Å². The molecule has 5 nitrogen and oxygen atoms in total. The number of nitrogens with two attached hydrogens (primary N) is 1. The summed E-state index contributed by atoms with van der Waals surface area (Å²) in [7, 11) is 1.62. The summed E-state index contributed by atoms with van der Waals surface area (Å²) in [5.41, 5.74) is 0. The topological polar surface area (TPSA) is 64.5 Å². The molecule has 0 spiro atoms. The van der Waals surface area contributed by atoms with Crippen LogP contribution in [0.5, 0.6) is 11.5 Å². The van der Waals surface area contributed by atoms with Gasteiger partial charge in [-0.05, 0) is 12.1 Å². The Morgan fingerprint density at radius 3 is 2.56 bits per heavy atom. The average Bonchev–Trinajstić information content (AvgIpc) is 2.42. The maximum atomic E-state index is 8.58. The molecule has 3 N–H and O–H groups in total. The van der Waals surface area contributed by atoms with Crippen LogP contribution in [-0.4, -0.2) is 51.7 Å². The molecule has 0 aromatic heterocycles. The van der Waals surface area contributed by atoms with E-state index >= 15 is 0 Å². The normalized spacial score (nSPS) is 10.3. The van der Waals surface area contributed by atoms with Crippen LogP contribution < -0.4 is 14.8 Å². The van der Waals surface area contributed by atoms with E-state index < -0.39 is 0 Å². The summed E-state index contributed by atoms with van der Waals surface area (Å²) >= 11 is 0. The number of ether oxygens (including phenoxy) is 3. The Hall–Kier alpha value is -1.30. The van der Waals surface area contributed by atoms with E-state index in [2.05, 4.69) is 0 Å². The largest absolute Gasteiger partial charge is 0.493 e. The van der Waals surface area contributed by atoms with Crippen molar-refractivity contribution in [3.8, 4) is 11.5 Å². The quantitative estimate of drug-likeness (QED) is 0.561. The molecule has 5 heteroatoms. The minimum atomic E-state index is 0.205. The van der Waals surface area contributed by atoms with Crippen molar-refractivity contribution in [2.75, 3.05) is 46.6 Å². The van der Waals surface area contributed by atoms with Crippen LogP contribution in [-0.2, 0) is 4.74 Å². The minimum absolute atomic E-state index is 0.205. The van der Waals surface area contributed by atoms with Crippen LogP contribution in [0.4, 0.5) is 0 Å². The van der Waals surface area contributed by atoms with E-state index in [4.69, 9.17) is 19.3 Å². The van der Waals surface area contributed by atoms with Crippen LogP contribution in [0.25, 0.3) is 0 Å². The lowest BCUT2D eigenvalue weighted by molar-refractivity contribution is -0.657. The van der Waals surface area contributed by atoms with E-state index in [1.54, 1.807) is 7.11 Å². The molecule has 0 atom stereocenters. The molecule has 0 fully saturated rings. The first kappa shape index (κ1) is 14.8. The molecular weight excluding hydrogens is 234 g/mol. The predicted octanol–water partition coefficient (Wildman–Crippen LogP) is -0.354. The van der Waals surface area contributed by atoms with Gasteiger partial charge in [-0.15, -0.1) is 0 Å². The van der Waals surface area contributed by atoms with Crippen molar-refractivity contribution in [3.63, 3.8) is 0 Å². The van der Waals surface area contributed by atoms with Crippen molar-refractivity contribution < 1.29 is 24.6 Å². The van der Waals surface area contributed by atoms with Gasteiger partial charge in [-0.3, -0.25) is 0 Å². The first-order chi connectivity index (χ1) is 8.88. The van der Waals surface area contributed by atoms with Crippen molar-refractivity contribution in [3.05, 3.63) is 24.3 Å². The molecule has 0 unspecified atom stereocenters. The van der Waals surface area contributed by atoms with Crippen LogP contribution >= 0.6 is 0 Å². The third kappa shape index (κ3) is 5.86. The number of para-hydroxylation sites is 2. The number of rotatable bonds is 10. The fourth-order valence-electron chi connectivity index (χ4n) is 1.45. The van der Waals surface area contributed by atoms with Gasteiger partial charge in [-0.25, -0.2) is 0 Å². The smallest absolute Gasteiger partial charge is 0.161 e. The molecule has 0 radical (unpaired) electrons. The van der Waals surface area contributed by atoms with Crippen LogP contribution in [0.1, 0.15) is 0 Å². The number of aliphatic hydroxyl groups excluding tert-OH is 1. The zero-order valence-electron chi connectivity index (χ0n) is 10.8. The van der Waals surface area contributed by atoms with E-state index in [0.29, 0.717) is 19.8 Å². The Balaban J connectivity index is 2.07. The molecule has 0 bridgehead atoms. The molecule has 1 rings (SSSR count). The predicted molar refractivity (Wildman–Crippen MR) is 68.1 cm³/mol. The van der Waals surface area contributed by atoms with Crippen LogP contribution in [0.3, 0.4) is 0 Å². The Bertz CT molecular complexity index is 320. The van der Waals surface area contributed by atoms with Gasteiger partial charge in [-0.1, -0.05) is 12.1 Å². The number of aliphatic hydroxyl groups is 1. The highest BCUT2D eigenvalue weighted by molar-refractivity contribution is 5.39. The highest BCUT2D eigenvalue weighted by Crippen LogP contribution is 2.25. The van der Waals surface area contributed by atoms with Crippen LogP contribution in [0, 0.1) is 0 Å². The van der Waals surface area contributed by atoms with Gasteiger partial charge in [0, 0.05) is 0 Å². The Morgan fingerprint density at radius 2 is 1.83 bits per heavy atom. The zero-order valence-corrected chi connectivity index (χ0v) is 10.8. The monoisotopic (exact) mass is 256 g/mol. The third-order valence-electron chi connectivity index (χ3n) is 2.35. The minimum Gasteiger partial charge on any atom is -0.493 e. The Morgan fingerprint density at radius 1 is 1.06 bits per heavy atom. The van der Waals surface area contributed by atoms with Crippen LogP contribution in [0.2, 0.25) is 0 Å². The van der Waals surface area contributed by atoms with Crippen molar-refractivity contribution >= 4 is 0 Å². The van der Waals surface area contributed by atoms with Gasteiger partial charge in [0.1, 0.15) is 6.61 Å². The maximum Gasteiger partial charge on any atom is 0.161 e. The van der Waals surface area contributed by atoms with E-state index in [1.165, 1.54) is 0 Å². The second-order valence-corrected chi connectivity index (χ2v) is 3.70. The molecule has 0 aliphatic carbocycles. The number of hydrogen-bond donors (Lipinski definition) is 2. The first-order valence-corrected chi connectivity index (χ1v) is 6.14. The second kappa shape index (κ2) is 9.70. The molecule has 1 aromatic rings. The molecule has 0 aliphatic rings. The van der Waals surface area contributed by atoms with Crippen molar-refractivity contribution in [1.82, 2.24) is 0 Å². The highest BCUT2D eigenvalue weighted by atomic mass is 16.5. The summed E-state index contributed by atoms with van der Waals surface area (Å²) in [5.74, 6) is 1.46. The molecule has 0 amide bonds. The highest BCUT2D eigenvalue weighted by Gasteiger charge is 2.01. The SMILES string of the molecule is COc1ccccc1OCCOCC[NH2+]CCO. The zero-order chi connectivity index (χ0) is 13.1. The standard InChI is InChI=1S/C13H21NO4/c1-16-12-4-2-3-5-13(12)18-11-10-17-9-7-14-6-8-15/h2-5,14-15H,6-11H2,1H3/p+1. The van der Waals surface area contributed by atoms with Gasteiger partial charge in [0.2, 0.25) is 0 Å². The molecule has 0 saturated carbocycles. The summed E-state index contributed by atoms with van der Waals surface area (Å²) < 4.78 is 16.1. The fourth-order valence-corrected chi connectivity index (χ4v) is 1.45.